The molecule has 0 amide bonds. The molecule has 1 saturated heterocycles. The van der Waals surface area contributed by atoms with Gasteiger partial charge in [0, 0.05) is 32.2 Å². The molecule has 2 rings (SSSR count). The molecule has 0 aromatic carbocycles. The molecule has 2 fully saturated rings. The Labute approximate surface area is 129 Å². The zero-order valence-corrected chi connectivity index (χ0v) is 13.8. The van der Waals surface area contributed by atoms with Gasteiger partial charge in [0.05, 0.1) is 5.92 Å². The summed E-state index contributed by atoms with van der Waals surface area (Å²) in [5, 5.41) is 9.55. The van der Waals surface area contributed by atoms with Crippen molar-refractivity contribution in [3.8, 4) is 0 Å². The minimum absolute atomic E-state index is 0.143. The van der Waals surface area contributed by atoms with E-state index < -0.39 is 5.97 Å². The van der Waals surface area contributed by atoms with Gasteiger partial charge in [0.2, 0.25) is 0 Å². The maximum absolute atomic E-state index is 11.6. The van der Waals surface area contributed by atoms with Crippen molar-refractivity contribution in [2.75, 3.05) is 32.7 Å². The highest BCUT2D eigenvalue weighted by molar-refractivity contribution is 5.71. The number of carbonyl (C=O) groups is 1. The molecular formula is C17H32N2O2. The molecule has 1 aliphatic heterocycles. The Morgan fingerprint density at radius 3 is 2.38 bits per heavy atom. The second-order valence-electron chi connectivity index (χ2n) is 6.86. The Kier molecular flexibility index (Phi) is 6.49. The lowest BCUT2D eigenvalue weighted by Crippen LogP contribution is -2.55. The van der Waals surface area contributed by atoms with Crippen molar-refractivity contribution in [3.63, 3.8) is 0 Å². The quantitative estimate of drug-likeness (QED) is 0.818. The number of carboxylic acids is 1. The molecule has 1 N–H and O–H groups in total. The van der Waals surface area contributed by atoms with E-state index in [4.69, 9.17) is 0 Å². The van der Waals surface area contributed by atoms with Crippen molar-refractivity contribution < 1.29 is 9.90 Å². The standard InChI is InChI=1S/C17H32N2O2/c1-3-5-14-6-7-15(17(20)21)16(13-14)19-11-9-18(8-4-2)10-12-19/h14-16H,3-13H2,1-2H3,(H,20,21). The summed E-state index contributed by atoms with van der Waals surface area (Å²) >= 11 is 0. The third-order valence-corrected chi connectivity index (χ3v) is 5.36. The molecular weight excluding hydrogens is 264 g/mol. The Morgan fingerprint density at radius 1 is 1.10 bits per heavy atom. The highest BCUT2D eigenvalue weighted by atomic mass is 16.4. The van der Waals surface area contributed by atoms with E-state index in [1.165, 1.54) is 25.8 Å². The number of carboxylic acid groups (broad SMARTS) is 1. The van der Waals surface area contributed by atoms with Gasteiger partial charge in [-0.15, -0.1) is 0 Å². The molecule has 2 aliphatic rings. The molecule has 3 atom stereocenters. The van der Waals surface area contributed by atoms with E-state index in [1.807, 2.05) is 0 Å². The third kappa shape index (κ3) is 4.43. The van der Waals surface area contributed by atoms with Gasteiger partial charge in [0.1, 0.15) is 0 Å². The van der Waals surface area contributed by atoms with E-state index in [-0.39, 0.29) is 12.0 Å². The lowest BCUT2D eigenvalue weighted by molar-refractivity contribution is -0.146. The van der Waals surface area contributed by atoms with Crippen LogP contribution < -0.4 is 0 Å². The fourth-order valence-corrected chi connectivity index (χ4v) is 4.23. The van der Waals surface area contributed by atoms with Crippen LogP contribution in [0.15, 0.2) is 0 Å². The minimum atomic E-state index is -0.578. The van der Waals surface area contributed by atoms with Gasteiger partial charge in [-0.1, -0.05) is 26.7 Å². The molecule has 3 unspecified atom stereocenters. The minimum Gasteiger partial charge on any atom is -0.481 e. The summed E-state index contributed by atoms with van der Waals surface area (Å²) in [6.45, 7) is 9.95. The predicted octanol–water partition coefficient (Wildman–Crippen LogP) is 2.68. The van der Waals surface area contributed by atoms with Gasteiger partial charge >= 0.3 is 5.97 Å². The van der Waals surface area contributed by atoms with Crippen LogP contribution in [0.1, 0.15) is 52.4 Å². The first kappa shape index (κ1) is 16.8. The molecule has 0 radical (unpaired) electrons. The summed E-state index contributed by atoms with van der Waals surface area (Å²) in [5.41, 5.74) is 0. The van der Waals surface area contributed by atoms with Crippen molar-refractivity contribution in [2.45, 2.75) is 58.4 Å². The first-order valence-corrected chi connectivity index (χ1v) is 8.84. The fraction of sp³-hybridized carbons (Fsp3) is 0.941. The average molecular weight is 296 g/mol. The zero-order valence-electron chi connectivity index (χ0n) is 13.8. The van der Waals surface area contributed by atoms with Gasteiger partial charge in [-0.2, -0.15) is 0 Å². The Bertz CT molecular complexity index is 327. The van der Waals surface area contributed by atoms with Crippen LogP contribution in [0.25, 0.3) is 0 Å². The molecule has 4 heteroatoms. The molecule has 0 aromatic rings. The number of hydrogen-bond acceptors (Lipinski definition) is 3. The summed E-state index contributed by atoms with van der Waals surface area (Å²) in [6, 6.07) is 0.275. The summed E-state index contributed by atoms with van der Waals surface area (Å²) in [5.74, 6) is 0.0195. The van der Waals surface area contributed by atoms with Gasteiger partial charge in [-0.25, -0.2) is 0 Å². The van der Waals surface area contributed by atoms with E-state index in [2.05, 4.69) is 23.6 Å². The first-order chi connectivity index (χ1) is 10.2. The lowest BCUT2D eigenvalue weighted by atomic mass is 9.75. The van der Waals surface area contributed by atoms with E-state index in [0.717, 1.165) is 51.4 Å². The van der Waals surface area contributed by atoms with Crippen LogP contribution in [-0.4, -0.2) is 59.6 Å². The Hall–Kier alpha value is -0.610. The van der Waals surface area contributed by atoms with E-state index in [9.17, 15) is 9.90 Å². The number of rotatable bonds is 6. The zero-order chi connectivity index (χ0) is 15.2. The predicted molar refractivity (Wildman–Crippen MR) is 85.5 cm³/mol. The molecule has 1 aliphatic carbocycles. The van der Waals surface area contributed by atoms with Crippen LogP contribution in [0.4, 0.5) is 0 Å². The summed E-state index contributed by atoms with van der Waals surface area (Å²) in [4.78, 5) is 16.6. The SMILES string of the molecule is CCCC1CCC(C(=O)O)C(N2CCN(CCC)CC2)C1. The topological polar surface area (TPSA) is 43.8 Å². The highest BCUT2D eigenvalue weighted by Gasteiger charge is 2.38. The maximum Gasteiger partial charge on any atom is 0.308 e. The van der Waals surface area contributed by atoms with Crippen molar-refractivity contribution >= 4 is 5.97 Å². The largest absolute Gasteiger partial charge is 0.481 e. The van der Waals surface area contributed by atoms with Gasteiger partial charge in [-0.3, -0.25) is 9.69 Å². The van der Waals surface area contributed by atoms with Gasteiger partial charge in [0.15, 0.2) is 0 Å². The third-order valence-electron chi connectivity index (χ3n) is 5.36. The van der Waals surface area contributed by atoms with Crippen molar-refractivity contribution in [3.05, 3.63) is 0 Å². The van der Waals surface area contributed by atoms with Crippen LogP contribution in [0.3, 0.4) is 0 Å². The summed E-state index contributed by atoms with van der Waals surface area (Å²) in [7, 11) is 0. The molecule has 122 valence electrons. The second-order valence-corrected chi connectivity index (χ2v) is 6.86. The summed E-state index contributed by atoms with van der Waals surface area (Å²) < 4.78 is 0. The van der Waals surface area contributed by atoms with Crippen molar-refractivity contribution in [1.29, 1.82) is 0 Å². The van der Waals surface area contributed by atoms with Crippen LogP contribution in [0.2, 0.25) is 0 Å². The molecule has 0 bridgehead atoms. The van der Waals surface area contributed by atoms with Gasteiger partial charge in [-0.05, 0) is 38.1 Å². The van der Waals surface area contributed by atoms with E-state index in [1.54, 1.807) is 0 Å². The number of piperazine rings is 1. The molecule has 0 aromatic heterocycles. The second kappa shape index (κ2) is 8.14. The van der Waals surface area contributed by atoms with Crippen molar-refractivity contribution in [1.82, 2.24) is 9.80 Å². The number of nitrogens with zero attached hydrogens (tertiary/aromatic N) is 2. The van der Waals surface area contributed by atoms with Gasteiger partial charge in [0.25, 0.3) is 0 Å². The number of aliphatic carboxylic acids is 1. The molecule has 1 heterocycles. The van der Waals surface area contributed by atoms with E-state index >= 15 is 0 Å². The Morgan fingerprint density at radius 2 is 1.81 bits per heavy atom. The molecule has 0 spiro atoms. The number of hydrogen-bond donors (Lipinski definition) is 1. The van der Waals surface area contributed by atoms with Crippen LogP contribution in [-0.2, 0) is 4.79 Å². The Balaban J connectivity index is 1.94. The highest BCUT2D eigenvalue weighted by Crippen LogP contribution is 2.35. The maximum atomic E-state index is 11.6. The van der Waals surface area contributed by atoms with Crippen LogP contribution in [0, 0.1) is 11.8 Å². The van der Waals surface area contributed by atoms with Crippen LogP contribution >= 0.6 is 0 Å². The normalized spacial score (nSPS) is 32.2. The monoisotopic (exact) mass is 296 g/mol. The fourth-order valence-electron chi connectivity index (χ4n) is 4.23. The van der Waals surface area contributed by atoms with Gasteiger partial charge < -0.3 is 10.0 Å². The molecule has 1 saturated carbocycles. The smallest absolute Gasteiger partial charge is 0.308 e. The lowest BCUT2D eigenvalue weighted by Gasteiger charge is -2.45. The molecule has 4 nitrogen and oxygen atoms in total. The average Bonchev–Trinajstić information content (AvgIpc) is 2.48. The summed E-state index contributed by atoms with van der Waals surface area (Å²) in [6.07, 6.45) is 6.77. The first-order valence-electron chi connectivity index (χ1n) is 8.84. The van der Waals surface area contributed by atoms with Crippen molar-refractivity contribution in [2.24, 2.45) is 11.8 Å². The van der Waals surface area contributed by atoms with Crippen LogP contribution in [0.5, 0.6) is 0 Å². The molecule has 21 heavy (non-hydrogen) atoms. The van der Waals surface area contributed by atoms with E-state index in [0.29, 0.717) is 0 Å².